The van der Waals surface area contributed by atoms with E-state index in [2.05, 4.69) is 17.4 Å². The van der Waals surface area contributed by atoms with Gasteiger partial charge in [-0.15, -0.1) is 0 Å². The SMILES string of the molecule is CC[C@@H](NC(=O)COc1cccc(OC)c1)c1ccc(C)cc1. The molecule has 0 aliphatic carbocycles. The van der Waals surface area contributed by atoms with Gasteiger partial charge in [-0.3, -0.25) is 4.79 Å². The maximum Gasteiger partial charge on any atom is 0.258 e. The van der Waals surface area contributed by atoms with Gasteiger partial charge in [0.15, 0.2) is 6.61 Å². The van der Waals surface area contributed by atoms with E-state index in [1.807, 2.05) is 38.1 Å². The summed E-state index contributed by atoms with van der Waals surface area (Å²) in [6.07, 6.45) is 0.827. The largest absolute Gasteiger partial charge is 0.497 e. The molecule has 0 heterocycles. The number of ether oxygens (including phenoxy) is 2. The number of amides is 1. The van der Waals surface area contributed by atoms with E-state index < -0.39 is 0 Å². The van der Waals surface area contributed by atoms with E-state index in [9.17, 15) is 4.79 Å². The number of nitrogens with one attached hydrogen (secondary N) is 1. The maximum atomic E-state index is 12.1. The highest BCUT2D eigenvalue weighted by atomic mass is 16.5. The average molecular weight is 313 g/mol. The van der Waals surface area contributed by atoms with Crippen LogP contribution in [0.2, 0.25) is 0 Å². The molecule has 0 saturated carbocycles. The number of hydrogen-bond donors (Lipinski definition) is 1. The zero-order valence-electron chi connectivity index (χ0n) is 13.8. The zero-order valence-corrected chi connectivity index (χ0v) is 13.8. The summed E-state index contributed by atoms with van der Waals surface area (Å²) >= 11 is 0. The average Bonchev–Trinajstić information content (AvgIpc) is 2.59. The van der Waals surface area contributed by atoms with Crippen molar-refractivity contribution in [2.24, 2.45) is 0 Å². The molecule has 0 fully saturated rings. The van der Waals surface area contributed by atoms with Gasteiger partial charge in [0.1, 0.15) is 11.5 Å². The Bertz CT molecular complexity index is 637. The lowest BCUT2D eigenvalue weighted by Crippen LogP contribution is -2.32. The lowest BCUT2D eigenvalue weighted by molar-refractivity contribution is -0.123. The Morgan fingerprint density at radius 2 is 1.83 bits per heavy atom. The first kappa shape index (κ1) is 16.9. The molecule has 4 nitrogen and oxygen atoms in total. The highest BCUT2D eigenvalue weighted by Crippen LogP contribution is 2.19. The maximum absolute atomic E-state index is 12.1. The molecule has 2 aromatic carbocycles. The fourth-order valence-electron chi connectivity index (χ4n) is 2.30. The van der Waals surface area contributed by atoms with Crippen LogP contribution in [0.25, 0.3) is 0 Å². The van der Waals surface area contributed by atoms with E-state index in [1.54, 1.807) is 19.2 Å². The molecule has 1 atom stereocenters. The van der Waals surface area contributed by atoms with Gasteiger partial charge in [-0.05, 0) is 31.0 Å². The fourth-order valence-corrected chi connectivity index (χ4v) is 2.30. The van der Waals surface area contributed by atoms with Crippen molar-refractivity contribution in [2.45, 2.75) is 26.3 Å². The molecule has 23 heavy (non-hydrogen) atoms. The molecule has 0 spiro atoms. The standard InChI is InChI=1S/C19H23NO3/c1-4-18(15-10-8-14(2)9-11-15)20-19(21)13-23-17-7-5-6-16(12-17)22-3/h5-12,18H,4,13H2,1-3H3,(H,20,21)/t18-/m1/s1. The number of methoxy groups -OCH3 is 1. The van der Waals surface area contributed by atoms with E-state index in [-0.39, 0.29) is 18.6 Å². The summed E-state index contributed by atoms with van der Waals surface area (Å²) in [7, 11) is 1.60. The van der Waals surface area contributed by atoms with Gasteiger partial charge in [-0.25, -0.2) is 0 Å². The van der Waals surface area contributed by atoms with E-state index in [0.29, 0.717) is 11.5 Å². The molecular formula is C19H23NO3. The first-order chi connectivity index (χ1) is 11.1. The van der Waals surface area contributed by atoms with Gasteiger partial charge in [0.25, 0.3) is 5.91 Å². The molecule has 2 aromatic rings. The van der Waals surface area contributed by atoms with Crippen molar-refractivity contribution in [3.63, 3.8) is 0 Å². The van der Waals surface area contributed by atoms with Crippen molar-refractivity contribution in [3.8, 4) is 11.5 Å². The first-order valence-corrected chi connectivity index (χ1v) is 7.75. The topological polar surface area (TPSA) is 47.6 Å². The molecule has 122 valence electrons. The normalized spacial score (nSPS) is 11.6. The van der Waals surface area contributed by atoms with E-state index in [4.69, 9.17) is 9.47 Å². The van der Waals surface area contributed by atoms with Crippen molar-refractivity contribution in [3.05, 3.63) is 59.7 Å². The Kier molecular flexibility index (Phi) is 6.03. The van der Waals surface area contributed by atoms with Crippen molar-refractivity contribution in [1.82, 2.24) is 5.32 Å². The fraction of sp³-hybridized carbons (Fsp3) is 0.316. The highest BCUT2D eigenvalue weighted by molar-refractivity contribution is 5.78. The second-order valence-electron chi connectivity index (χ2n) is 5.41. The Labute approximate surface area is 137 Å². The predicted octanol–water partition coefficient (Wildman–Crippen LogP) is 3.65. The molecule has 0 bridgehead atoms. The van der Waals surface area contributed by atoms with Gasteiger partial charge >= 0.3 is 0 Å². The minimum Gasteiger partial charge on any atom is -0.497 e. The smallest absolute Gasteiger partial charge is 0.258 e. The summed E-state index contributed by atoms with van der Waals surface area (Å²) in [5.74, 6) is 1.18. The van der Waals surface area contributed by atoms with Crippen molar-refractivity contribution < 1.29 is 14.3 Å². The van der Waals surface area contributed by atoms with Gasteiger partial charge in [0, 0.05) is 6.07 Å². The zero-order chi connectivity index (χ0) is 16.7. The van der Waals surface area contributed by atoms with Gasteiger partial charge in [-0.1, -0.05) is 42.8 Å². The van der Waals surface area contributed by atoms with Crippen molar-refractivity contribution >= 4 is 5.91 Å². The molecule has 0 aromatic heterocycles. The molecule has 0 saturated heterocycles. The summed E-state index contributed by atoms with van der Waals surface area (Å²) in [4.78, 5) is 12.1. The quantitative estimate of drug-likeness (QED) is 0.849. The van der Waals surface area contributed by atoms with Gasteiger partial charge in [0.2, 0.25) is 0 Å². The third kappa shape index (κ3) is 5.02. The van der Waals surface area contributed by atoms with E-state index >= 15 is 0 Å². The minimum atomic E-state index is -0.139. The number of rotatable bonds is 7. The number of carbonyl (C=O) groups excluding carboxylic acids is 1. The highest BCUT2D eigenvalue weighted by Gasteiger charge is 2.13. The van der Waals surface area contributed by atoms with Crippen LogP contribution in [-0.2, 0) is 4.79 Å². The molecule has 1 amide bonds. The van der Waals surface area contributed by atoms with Crippen LogP contribution in [-0.4, -0.2) is 19.6 Å². The Hall–Kier alpha value is -2.49. The molecule has 1 N–H and O–H groups in total. The second-order valence-corrected chi connectivity index (χ2v) is 5.41. The summed E-state index contributed by atoms with van der Waals surface area (Å²) in [6, 6.07) is 15.4. The molecule has 0 unspecified atom stereocenters. The molecule has 2 rings (SSSR count). The van der Waals surface area contributed by atoms with Crippen LogP contribution in [0.15, 0.2) is 48.5 Å². The third-order valence-corrected chi connectivity index (χ3v) is 3.63. The number of carbonyl (C=O) groups is 1. The van der Waals surface area contributed by atoms with Crippen LogP contribution in [0.1, 0.15) is 30.5 Å². The van der Waals surface area contributed by atoms with Crippen molar-refractivity contribution in [1.29, 1.82) is 0 Å². The Morgan fingerprint density at radius 1 is 1.13 bits per heavy atom. The third-order valence-electron chi connectivity index (χ3n) is 3.63. The van der Waals surface area contributed by atoms with Crippen LogP contribution in [0.4, 0.5) is 0 Å². The van der Waals surface area contributed by atoms with E-state index in [1.165, 1.54) is 5.56 Å². The van der Waals surface area contributed by atoms with Gasteiger partial charge < -0.3 is 14.8 Å². The minimum absolute atomic E-state index is 0.00277. The molecular weight excluding hydrogens is 290 g/mol. The first-order valence-electron chi connectivity index (χ1n) is 7.75. The second kappa shape index (κ2) is 8.22. The predicted molar refractivity (Wildman–Crippen MR) is 90.8 cm³/mol. The summed E-state index contributed by atoms with van der Waals surface area (Å²) in [6.45, 7) is 4.08. The summed E-state index contributed by atoms with van der Waals surface area (Å²) < 4.78 is 10.6. The number of benzene rings is 2. The van der Waals surface area contributed by atoms with E-state index in [0.717, 1.165) is 12.0 Å². The molecule has 0 aliphatic rings. The molecule has 0 radical (unpaired) electrons. The Morgan fingerprint density at radius 3 is 2.48 bits per heavy atom. The summed E-state index contributed by atoms with van der Waals surface area (Å²) in [5, 5.41) is 3.01. The molecule has 0 aliphatic heterocycles. The van der Waals surface area contributed by atoms with Crippen LogP contribution < -0.4 is 14.8 Å². The van der Waals surface area contributed by atoms with Crippen LogP contribution in [0.3, 0.4) is 0 Å². The number of hydrogen-bond acceptors (Lipinski definition) is 3. The van der Waals surface area contributed by atoms with Crippen LogP contribution >= 0.6 is 0 Å². The lowest BCUT2D eigenvalue weighted by atomic mass is 10.0. The number of aryl methyl sites for hydroxylation is 1. The van der Waals surface area contributed by atoms with Gasteiger partial charge in [0.05, 0.1) is 13.2 Å². The summed E-state index contributed by atoms with van der Waals surface area (Å²) in [5.41, 5.74) is 2.31. The van der Waals surface area contributed by atoms with Crippen molar-refractivity contribution in [2.75, 3.05) is 13.7 Å². The van der Waals surface area contributed by atoms with Crippen LogP contribution in [0, 0.1) is 6.92 Å². The molecule has 4 heteroatoms. The Balaban J connectivity index is 1.90. The lowest BCUT2D eigenvalue weighted by Gasteiger charge is -2.18. The van der Waals surface area contributed by atoms with Gasteiger partial charge in [-0.2, -0.15) is 0 Å². The van der Waals surface area contributed by atoms with Crippen LogP contribution in [0.5, 0.6) is 11.5 Å². The monoisotopic (exact) mass is 313 g/mol.